The molecule has 0 amide bonds. The maximum atomic E-state index is 5.54. The second-order valence-corrected chi connectivity index (χ2v) is 4.70. The Hall–Kier alpha value is -1.48. The molecule has 3 rings (SSSR count). The fraction of sp³-hybridized carbons (Fsp3) is 0.231. The summed E-state index contributed by atoms with van der Waals surface area (Å²) in [5, 5.41) is 4.74. The molecule has 2 nitrogen and oxygen atoms in total. The van der Waals surface area contributed by atoms with Gasteiger partial charge in [0.2, 0.25) is 0 Å². The Bertz CT molecular complexity index is 650. The molecule has 0 N–H and O–H groups in total. The summed E-state index contributed by atoms with van der Waals surface area (Å²) < 4.78 is 7.78. The van der Waals surface area contributed by atoms with Gasteiger partial charge in [0.1, 0.15) is 10.6 Å². The molecule has 0 aliphatic rings. The fourth-order valence-corrected chi connectivity index (χ4v) is 3.05. The first kappa shape index (κ1) is 9.73. The van der Waals surface area contributed by atoms with E-state index in [1.165, 1.54) is 21.1 Å². The molecule has 0 saturated heterocycles. The van der Waals surface area contributed by atoms with Crippen LogP contribution in [0.5, 0.6) is 5.75 Å². The fourth-order valence-electron chi connectivity index (χ4n) is 2.16. The summed E-state index contributed by atoms with van der Waals surface area (Å²) in [6.45, 7) is 2.72. The Morgan fingerprint density at radius 1 is 1.25 bits per heavy atom. The molecule has 0 unspecified atom stereocenters. The molecule has 0 atom stereocenters. The van der Waals surface area contributed by atoms with E-state index in [9.17, 15) is 0 Å². The average Bonchev–Trinajstić information content (AvgIpc) is 2.84. The van der Waals surface area contributed by atoms with Gasteiger partial charge in [-0.2, -0.15) is 0 Å². The first-order chi connectivity index (χ1) is 7.81. The lowest BCUT2D eigenvalue weighted by Crippen LogP contribution is -1.91. The Morgan fingerprint density at radius 3 is 2.94 bits per heavy atom. The third-order valence-electron chi connectivity index (χ3n) is 2.88. The third-order valence-corrected chi connectivity index (χ3v) is 3.87. The minimum absolute atomic E-state index is 0.713. The third kappa shape index (κ3) is 1.25. The van der Waals surface area contributed by atoms with Gasteiger partial charge in [-0.15, -0.1) is 11.3 Å². The maximum absolute atomic E-state index is 5.54. The van der Waals surface area contributed by atoms with Crippen molar-refractivity contribution in [2.75, 3.05) is 6.61 Å². The van der Waals surface area contributed by atoms with E-state index >= 15 is 0 Å². The second-order valence-electron chi connectivity index (χ2n) is 3.81. The Morgan fingerprint density at radius 2 is 2.12 bits per heavy atom. The van der Waals surface area contributed by atoms with E-state index in [1.54, 1.807) is 11.3 Å². The molecule has 2 aromatic heterocycles. The summed E-state index contributed by atoms with van der Waals surface area (Å²) >= 11 is 1.78. The van der Waals surface area contributed by atoms with Crippen molar-refractivity contribution in [3.05, 3.63) is 29.6 Å². The Kier molecular flexibility index (Phi) is 2.14. The van der Waals surface area contributed by atoms with Crippen LogP contribution in [0.3, 0.4) is 0 Å². The number of hydrogen-bond acceptors (Lipinski definition) is 2. The van der Waals surface area contributed by atoms with E-state index in [1.807, 2.05) is 13.0 Å². The molecule has 0 fully saturated rings. The Balaban J connectivity index is 2.35. The molecule has 82 valence electrons. The number of hydrogen-bond donors (Lipinski definition) is 0. The smallest absolute Gasteiger partial charge is 0.120 e. The van der Waals surface area contributed by atoms with Gasteiger partial charge in [0, 0.05) is 23.3 Å². The molecule has 0 spiro atoms. The molecule has 0 saturated carbocycles. The van der Waals surface area contributed by atoms with Crippen LogP contribution in [0.15, 0.2) is 29.6 Å². The van der Waals surface area contributed by atoms with Gasteiger partial charge in [0.15, 0.2) is 0 Å². The molecule has 1 aromatic carbocycles. The van der Waals surface area contributed by atoms with Crippen molar-refractivity contribution in [2.24, 2.45) is 7.05 Å². The Labute approximate surface area is 98.1 Å². The molecular formula is C13H13NOS. The quantitative estimate of drug-likeness (QED) is 0.654. The van der Waals surface area contributed by atoms with Crippen molar-refractivity contribution in [1.29, 1.82) is 0 Å². The van der Waals surface area contributed by atoms with Gasteiger partial charge in [0.25, 0.3) is 0 Å². The number of aryl methyl sites for hydroxylation is 1. The zero-order valence-electron chi connectivity index (χ0n) is 9.36. The van der Waals surface area contributed by atoms with Crippen LogP contribution in [-0.2, 0) is 7.05 Å². The number of thiophene rings is 1. The summed E-state index contributed by atoms with van der Waals surface area (Å²) in [5.41, 5.74) is 1.27. The lowest BCUT2D eigenvalue weighted by Gasteiger charge is -2.03. The van der Waals surface area contributed by atoms with Crippen LogP contribution >= 0.6 is 11.3 Å². The lowest BCUT2D eigenvalue weighted by atomic mass is 10.2. The van der Waals surface area contributed by atoms with E-state index in [-0.39, 0.29) is 0 Å². The molecule has 0 aliphatic heterocycles. The first-order valence-corrected chi connectivity index (χ1v) is 6.27. The van der Waals surface area contributed by atoms with Crippen molar-refractivity contribution in [2.45, 2.75) is 6.92 Å². The predicted molar refractivity (Wildman–Crippen MR) is 69.5 cm³/mol. The second kappa shape index (κ2) is 3.52. The van der Waals surface area contributed by atoms with Crippen molar-refractivity contribution in [1.82, 2.24) is 4.57 Å². The highest BCUT2D eigenvalue weighted by atomic mass is 32.1. The normalized spacial score (nSPS) is 11.4. The molecule has 0 radical (unpaired) electrons. The van der Waals surface area contributed by atoms with Crippen molar-refractivity contribution >= 4 is 32.5 Å². The average molecular weight is 231 g/mol. The van der Waals surface area contributed by atoms with Crippen molar-refractivity contribution in [3.8, 4) is 5.75 Å². The summed E-state index contributed by atoms with van der Waals surface area (Å²) in [7, 11) is 2.11. The monoisotopic (exact) mass is 231 g/mol. The van der Waals surface area contributed by atoms with Crippen LogP contribution in [0.1, 0.15) is 6.92 Å². The molecule has 16 heavy (non-hydrogen) atoms. The molecular weight excluding hydrogens is 218 g/mol. The van der Waals surface area contributed by atoms with Crippen LogP contribution in [-0.4, -0.2) is 11.2 Å². The van der Waals surface area contributed by atoms with Crippen LogP contribution in [0.2, 0.25) is 0 Å². The summed E-state index contributed by atoms with van der Waals surface area (Å²) in [6, 6.07) is 8.48. The van der Waals surface area contributed by atoms with Gasteiger partial charge in [0.05, 0.1) is 6.61 Å². The highest BCUT2D eigenvalue weighted by Crippen LogP contribution is 2.33. The van der Waals surface area contributed by atoms with Crippen LogP contribution < -0.4 is 4.74 Å². The van der Waals surface area contributed by atoms with Gasteiger partial charge in [-0.25, -0.2) is 0 Å². The topological polar surface area (TPSA) is 14.2 Å². The predicted octanol–water partition coefficient (Wildman–Crippen LogP) is 3.79. The highest BCUT2D eigenvalue weighted by Gasteiger charge is 2.09. The SMILES string of the molecule is CCOc1ccc2c(c1)c1ccsc1n2C. The minimum Gasteiger partial charge on any atom is -0.494 e. The largest absolute Gasteiger partial charge is 0.494 e. The van der Waals surface area contributed by atoms with Crippen molar-refractivity contribution in [3.63, 3.8) is 0 Å². The molecule has 0 bridgehead atoms. The van der Waals surface area contributed by atoms with Crippen LogP contribution in [0, 0.1) is 0 Å². The van der Waals surface area contributed by atoms with E-state index < -0.39 is 0 Å². The molecule has 2 heterocycles. The van der Waals surface area contributed by atoms with Crippen LogP contribution in [0.25, 0.3) is 21.1 Å². The van der Waals surface area contributed by atoms with Gasteiger partial charge in [-0.3, -0.25) is 0 Å². The van der Waals surface area contributed by atoms with E-state index in [2.05, 4.69) is 35.2 Å². The minimum atomic E-state index is 0.713. The van der Waals surface area contributed by atoms with E-state index in [0.717, 1.165) is 5.75 Å². The van der Waals surface area contributed by atoms with Gasteiger partial charge < -0.3 is 9.30 Å². The molecule has 0 aliphatic carbocycles. The number of rotatable bonds is 2. The van der Waals surface area contributed by atoms with Gasteiger partial charge in [-0.1, -0.05) is 0 Å². The van der Waals surface area contributed by atoms with Gasteiger partial charge in [-0.05, 0) is 36.6 Å². The number of ether oxygens (including phenoxy) is 1. The molecule has 3 aromatic rings. The number of fused-ring (bicyclic) bond motifs is 3. The highest BCUT2D eigenvalue weighted by molar-refractivity contribution is 7.17. The zero-order valence-corrected chi connectivity index (χ0v) is 10.2. The van der Waals surface area contributed by atoms with E-state index in [4.69, 9.17) is 4.74 Å². The standard InChI is InChI=1S/C13H13NOS/c1-3-15-9-4-5-12-11(8-9)10-6-7-16-13(10)14(12)2/h4-8H,3H2,1-2H3. The number of aromatic nitrogens is 1. The molecule has 3 heteroatoms. The van der Waals surface area contributed by atoms with Crippen LogP contribution in [0.4, 0.5) is 0 Å². The maximum Gasteiger partial charge on any atom is 0.120 e. The first-order valence-electron chi connectivity index (χ1n) is 5.39. The van der Waals surface area contributed by atoms with Crippen molar-refractivity contribution < 1.29 is 4.74 Å². The number of benzene rings is 1. The number of nitrogens with zero attached hydrogens (tertiary/aromatic N) is 1. The zero-order chi connectivity index (χ0) is 11.1. The van der Waals surface area contributed by atoms with E-state index in [0.29, 0.717) is 6.61 Å². The summed E-state index contributed by atoms with van der Waals surface area (Å²) in [4.78, 5) is 1.32. The summed E-state index contributed by atoms with van der Waals surface area (Å²) in [6.07, 6.45) is 0. The summed E-state index contributed by atoms with van der Waals surface area (Å²) in [5.74, 6) is 0.953. The lowest BCUT2D eigenvalue weighted by molar-refractivity contribution is 0.341. The van der Waals surface area contributed by atoms with Gasteiger partial charge >= 0.3 is 0 Å².